The molecule has 1 aliphatic rings. The highest BCUT2D eigenvalue weighted by Crippen LogP contribution is 2.38. The normalized spacial score (nSPS) is 17.3. The second kappa shape index (κ2) is 7.57. The lowest BCUT2D eigenvalue weighted by atomic mass is 9.93. The van der Waals surface area contributed by atoms with E-state index >= 15 is 0 Å². The maximum atomic E-state index is 13.3. The summed E-state index contributed by atoms with van der Waals surface area (Å²) in [6, 6.07) is 20.2. The number of carbonyl (C=O) groups is 1. The zero-order valence-electron chi connectivity index (χ0n) is 15.6. The molecule has 0 saturated carbocycles. The predicted molar refractivity (Wildman–Crippen MR) is 109 cm³/mol. The summed E-state index contributed by atoms with van der Waals surface area (Å²) in [5.74, 6) is 0.757. The van der Waals surface area contributed by atoms with E-state index in [4.69, 9.17) is 4.74 Å². The Hall–Kier alpha value is -2.59. The number of hydrogen-bond acceptors (Lipinski definition) is 3. The largest absolute Gasteiger partial charge is 0.481 e. The van der Waals surface area contributed by atoms with Crippen molar-refractivity contribution in [3.8, 4) is 5.75 Å². The van der Waals surface area contributed by atoms with Gasteiger partial charge in [0.05, 0.1) is 6.04 Å². The molecule has 1 aromatic heterocycles. The van der Waals surface area contributed by atoms with Crippen LogP contribution in [0.5, 0.6) is 5.75 Å². The van der Waals surface area contributed by atoms with E-state index in [0.717, 1.165) is 17.7 Å². The van der Waals surface area contributed by atoms with E-state index in [0.29, 0.717) is 6.54 Å². The third-order valence-corrected chi connectivity index (χ3v) is 6.04. The number of rotatable bonds is 4. The van der Waals surface area contributed by atoms with Crippen molar-refractivity contribution in [2.24, 2.45) is 0 Å². The number of benzene rings is 2. The lowest BCUT2D eigenvalue weighted by molar-refractivity contribution is -0.140. The van der Waals surface area contributed by atoms with Crippen LogP contribution in [0.1, 0.15) is 34.5 Å². The molecule has 138 valence electrons. The van der Waals surface area contributed by atoms with Crippen LogP contribution in [-0.2, 0) is 11.2 Å². The summed E-state index contributed by atoms with van der Waals surface area (Å²) in [5.41, 5.74) is 3.56. The highest BCUT2D eigenvalue weighted by atomic mass is 32.1. The Morgan fingerprint density at radius 1 is 1.11 bits per heavy atom. The molecule has 0 N–H and O–H groups in total. The van der Waals surface area contributed by atoms with Gasteiger partial charge in [0.15, 0.2) is 6.10 Å². The van der Waals surface area contributed by atoms with Crippen LogP contribution in [0.4, 0.5) is 0 Å². The molecule has 2 heterocycles. The van der Waals surface area contributed by atoms with Crippen molar-refractivity contribution in [1.29, 1.82) is 0 Å². The van der Waals surface area contributed by atoms with Crippen molar-refractivity contribution in [3.05, 3.63) is 87.6 Å². The summed E-state index contributed by atoms with van der Waals surface area (Å²) in [5, 5.41) is 2.13. The fraction of sp³-hybridized carbons (Fsp3) is 0.261. The smallest absolute Gasteiger partial charge is 0.264 e. The van der Waals surface area contributed by atoms with Crippen molar-refractivity contribution in [1.82, 2.24) is 4.90 Å². The van der Waals surface area contributed by atoms with Gasteiger partial charge >= 0.3 is 0 Å². The minimum atomic E-state index is -0.529. The fourth-order valence-electron chi connectivity index (χ4n) is 3.65. The van der Waals surface area contributed by atoms with Crippen molar-refractivity contribution in [2.75, 3.05) is 6.54 Å². The fourth-order valence-corrected chi connectivity index (χ4v) is 4.56. The summed E-state index contributed by atoms with van der Waals surface area (Å²) >= 11 is 1.78. The van der Waals surface area contributed by atoms with Gasteiger partial charge in [0.25, 0.3) is 5.91 Å². The monoisotopic (exact) mass is 377 g/mol. The first kappa shape index (κ1) is 17.8. The van der Waals surface area contributed by atoms with Gasteiger partial charge in [-0.05, 0) is 55.0 Å². The Balaban J connectivity index is 1.60. The second-order valence-electron chi connectivity index (χ2n) is 6.97. The quantitative estimate of drug-likeness (QED) is 0.640. The molecule has 0 saturated heterocycles. The van der Waals surface area contributed by atoms with Gasteiger partial charge in [-0.15, -0.1) is 11.3 Å². The topological polar surface area (TPSA) is 29.5 Å². The summed E-state index contributed by atoms with van der Waals surface area (Å²) < 4.78 is 5.95. The van der Waals surface area contributed by atoms with Crippen molar-refractivity contribution < 1.29 is 9.53 Å². The van der Waals surface area contributed by atoms with Crippen LogP contribution >= 0.6 is 11.3 Å². The van der Waals surface area contributed by atoms with Crippen LogP contribution in [0.2, 0.25) is 0 Å². The number of carbonyl (C=O) groups excluding carboxylic acids is 1. The second-order valence-corrected chi connectivity index (χ2v) is 7.97. The number of hydrogen-bond donors (Lipinski definition) is 0. The van der Waals surface area contributed by atoms with Gasteiger partial charge in [-0.1, -0.05) is 48.0 Å². The van der Waals surface area contributed by atoms with E-state index in [2.05, 4.69) is 23.6 Å². The molecule has 0 radical (unpaired) electrons. The average Bonchev–Trinajstić information content (AvgIpc) is 3.18. The standard InChI is InChI=1S/C23H23NO2S/c1-16-8-10-19(11-9-16)26-17(2)23(25)24-14-12-21-20(13-15-27-21)22(24)18-6-4-3-5-7-18/h3-11,13,15,17,22H,12,14H2,1-2H3/t17-,22+/m1/s1. The van der Waals surface area contributed by atoms with Gasteiger partial charge in [-0.3, -0.25) is 4.79 Å². The number of aryl methyl sites for hydroxylation is 1. The summed E-state index contributed by atoms with van der Waals surface area (Å²) in [6.45, 7) is 4.59. The summed E-state index contributed by atoms with van der Waals surface area (Å²) in [6.07, 6.45) is 0.374. The van der Waals surface area contributed by atoms with Gasteiger partial charge in [-0.2, -0.15) is 0 Å². The van der Waals surface area contributed by atoms with Gasteiger partial charge in [0, 0.05) is 11.4 Å². The van der Waals surface area contributed by atoms with Crippen LogP contribution in [0.25, 0.3) is 0 Å². The van der Waals surface area contributed by atoms with Crippen LogP contribution in [0.3, 0.4) is 0 Å². The number of fused-ring (bicyclic) bond motifs is 1. The lowest BCUT2D eigenvalue weighted by Gasteiger charge is -2.37. The number of nitrogens with zero attached hydrogens (tertiary/aromatic N) is 1. The zero-order chi connectivity index (χ0) is 18.8. The van der Waals surface area contributed by atoms with Crippen LogP contribution in [0.15, 0.2) is 66.0 Å². The molecule has 4 heteroatoms. The molecule has 3 aromatic rings. The maximum absolute atomic E-state index is 13.3. The van der Waals surface area contributed by atoms with Crippen molar-refractivity contribution in [3.63, 3.8) is 0 Å². The molecule has 27 heavy (non-hydrogen) atoms. The Kier molecular flexibility index (Phi) is 4.99. The lowest BCUT2D eigenvalue weighted by Crippen LogP contribution is -2.46. The van der Waals surface area contributed by atoms with Crippen LogP contribution < -0.4 is 4.74 Å². The Morgan fingerprint density at radius 2 is 1.85 bits per heavy atom. The molecular formula is C23H23NO2S. The molecule has 4 rings (SSSR count). The van der Waals surface area contributed by atoms with Crippen LogP contribution in [-0.4, -0.2) is 23.5 Å². The first-order valence-corrected chi connectivity index (χ1v) is 10.2. The molecule has 1 amide bonds. The van der Waals surface area contributed by atoms with E-state index in [1.54, 1.807) is 11.3 Å². The molecule has 0 bridgehead atoms. The molecule has 2 aromatic carbocycles. The third-order valence-electron chi connectivity index (χ3n) is 5.05. The molecule has 0 spiro atoms. The van der Waals surface area contributed by atoms with Gasteiger partial charge in [0.2, 0.25) is 0 Å². The van der Waals surface area contributed by atoms with E-state index in [-0.39, 0.29) is 11.9 Å². The Bertz CT molecular complexity index is 917. The molecule has 0 fully saturated rings. The average molecular weight is 378 g/mol. The highest BCUT2D eigenvalue weighted by molar-refractivity contribution is 7.10. The van der Waals surface area contributed by atoms with Crippen LogP contribution in [0, 0.1) is 6.92 Å². The summed E-state index contributed by atoms with van der Waals surface area (Å²) in [7, 11) is 0. The number of amides is 1. The van der Waals surface area contributed by atoms with E-state index in [1.807, 2.05) is 61.2 Å². The Labute approximate surface area is 164 Å². The first-order chi connectivity index (χ1) is 13.1. The molecule has 0 aliphatic carbocycles. The minimum Gasteiger partial charge on any atom is -0.481 e. The molecular weight excluding hydrogens is 354 g/mol. The van der Waals surface area contributed by atoms with Gasteiger partial charge < -0.3 is 9.64 Å². The minimum absolute atomic E-state index is 0.0290. The van der Waals surface area contributed by atoms with Gasteiger partial charge in [-0.25, -0.2) is 0 Å². The first-order valence-electron chi connectivity index (χ1n) is 9.28. The predicted octanol–water partition coefficient (Wildman–Crippen LogP) is 5.00. The van der Waals surface area contributed by atoms with Gasteiger partial charge in [0.1, 0.15) is 5.75 Å². The zero-order valence-corrected chi connectivity index (χ0v) is 16.4. The van der Waals surface area contributed by atoms with E-state index in [1.165, 1.54) is 16.0 Å². The molecule has 1 aliphatic heterocycles. The number of ether oxygens (including phenoxy) is 1. The number of thiophene rings is 1. The maximum Gasteiger partial charge on any atom is 0.264 e. The van der Waals surface area contributed by atoms with Crippen molar-refractivity contribution >= 4 is 17.2 Å². The molecule has 0 unspecified atom stereocenters. The highest BCUT2D eigenvalue weighted by Gasteiger charge is 2.35. The van der Waals surface area contributed by atoms with Crippen molar-refractivity contribution in [2.45, 2.75) is 32.4 Å². The molecule has 3 nitrogen and oxygen atoms in total. The SMILES string of the molecule is Cc1ccc(O[C@H](C)C(=O)N2CCc3sccc3[C@@H]2c2ccccc2)cc1. The third kappa shape index (κ3) is 3.62. The van der Waals surface area contributed by atoms with E-state index in [9.17, 15) is 4.79 Å². The summed E-state index contributed by atoms with van der Waals surface area (Å²) in [4.78, 5) is 16.6. The van der Waals surface area contributed by atoms with E-state index < -0.39 is 6.10 Å². The molecule has 2 atom stereocenters. The Morgan fingerprint density at radius 3 is 2.59 bits per heavy atom.